The standard InChI is InChI=1S/C14H19Cl2NO/c1-18-14(7-3-2-4-8-14)13(17)11-9-10(15)5-6-12(11)16/h5-6,9,13H,2-4,7-8,17H2,1H3. The van der Waals surface area contributed by atoms with Gasteiger partial charge >= 0.3 is 0 Å². The topological polar surface area (TPSA) is 35.2 Å². The van der Waals surface area contributed by atoms with Crippen molar-refractivity contribution in [1.29, 1.82) is 0 Å². The number of nitrogens with two attached hydrogens (primary N) is 1. The number of hydrogen-bond acceptors (Lipinski definition) is 2. The van der Waals surface area contributed by atoms with E-state index in [0.29, 0.717) is 10.0 Å². The van der Waals surface area contributed by atoms with E-state index in [1.807, 2.05) is 6.07 Å². The average molecular weight is 288 g/mol. The normalized spacial score (nSPS) is 20.7. The van der Waals surface area contributed by atoms with Gasteiger partial charge in [0, 0.05) is 17.2 Å². The van der Waals surface area contributed by atoms with Crippen molar-refractivity contribution >= 4 is 23.2 Å². The Kier molecular flexibility index (Phi) is 4.54. The molecule has 4 heteroatoms. The fourth-order valence-electron chi connectivity index (χ4n) is 2.83. The third-order valence-corrected chi connectivity index (χ3v) is 4.55. The van der Waals surface area contributed by atoms with Gasteiger partial charge < -0.3 is 10.5 Å². The molecule has 18 heavy (non-hydrogen) atoms. The van der Waals surface area contributed by atoms with Crippen LogP contribution in [0, 0.1) is 0 Å². The molecule has 1 atom stereocenters. The van der Waals surface area contributed by atoms with Gasteiger partial charge in [0.2, 0.25) is 0 Å². The zero-order valence-corrected chi connectivity index (χ0v) is 12.1. The van der Waals surface area contributed by atoms with Crippen molar-refractivity contribution < 1.29 is 4.74 Å². The van der Waals surface area contributed by atoms with Gasteiger partial charge in [0.05, 0.1) is 11.6 Å². The van der Waals surface area contributed by atoms with Gasteiger partial charge in [-0.25, -0.2) is 0 Å². The summed E-state index contributed by atoms with van der Waals surface area (Å²) in [5.74, 6) is 0. The van der Waals surface area contributed by atoms with E-state index < -0.39 is 0 Å². The highest BCUT2D eigenvalue weighted by Gasteiger charge is 2.39. The van der Waals surface area contributed by atoms with Crippen molar-refractivity contribution in [1.82, 2.24) is 0 Å². The second-order valence-corrected chi connectivity index (χ2v) is 5.82. The Morgan fingerprint density at radius 3 is 2.50 bits per heavy atom. The molecule has 0 aromatic heterocycles. The number of hydrogen-bond donors (Lipinski definition) is 1. The molecular formula is C14H19Cl2NO. The summed E-state index contributed by atoms with van der Waals surface area (Å²) >= 11 is 12.3. The molecule has 1 aromatic carbocycles. The molecule has 1 saturated carbocycles. The van der Waals surface area contributed by atoms with Gasteiger partial charge in [-0.2, -0.15) is 0 Å². The molecule has 2 rings (SSSR count). The lowest BCUT2D eigenvalue weighted by atomic mass is 9.77. The first-order chi connectivity index (χ1) is 8.59. The highest BCUT2D eigenvalue weighted by atomic mass is 35.5. The molecule has 0 bridgehead atoms. The fourth-order valence-corrected chi connectivity index (χ4v) is 3.24. The molecule has 1 aromatic rings. The molecule has 2 N–H and O–H groups in total. The molecule has 1 aliphatic rings. The van der Waals surface area contributed by atoms with Crippen molar-refractivity contribution in [3.63, 3.8) is 0 Å². The van der Waals surface area contributed by atoms with Gasteiger partial charge in [-0.1, -0.05) is 42.5 Å². The Morgan fingerprint density at radius 2 is 1.89 bits per heavy atom. The van der Waals surface area contributed by atoms with Crippen molar-refractivity contribution in [2.75, 3.05) is 7.11 Å². The first-order valence-corrected chi connectivity index (χ1v) is 7.10. The summed E-state index contributed by atoms with van der Waals surface area (Å²) in [4.78, 5) is 0. The molecule has 2 nitrogen and oxygen atoms in total. The van der Waals surface area contributed by atoms with Crippen molar-refractivity contribution in [2.24, 2.45) is 5.73 Å². The molecule has 0 amide bonds. The van der Waals surface area contributed by atoms with Crippen LogP contribution in [0.25, 0.3) is 0 Å². The third kappa shape index (κ3) is 2.67. The van der Waals surface area contributed by atoms with Crippen LogP contribution in [0.4, 0.5) is 0 Å². The zero-order chi connectivity index (χ0) is 13.2. The predicted molar refractivity (Wildman–Crippen MR) is 76.2 cm³/mol. The number of benzene rings is 1. The Hall–Kier alpha value is -0.280. The zero-order valence-electron chi connectivity index (χ0n) is 10.6. The minimum absolute atomic E-state index is 0.228. The summed E-state index contributed by atoms with van der Waals surface area (Å²) < 4.78 is 5.76. The van der Waals surface area contributed by atoms with Gasteiger partial charge in [0.25, 0.3) is 0 Å². The van der Waals surface area contributed by atoms with Crippen LogP contribution in [0.15, 0.2) is 18.2 Å². The van der Waals surface area contributed by atoms with Crippen LogP contribution < -0.4 is 5.73 Å². The molecule has 0 heterocycles. The Balaban J connectivity index is 2.33. The van der Waals surface area contributed by atoms with Gasteiger partial charge in [-0.3, -0.25) is 0 Å². The van der Waals surface area contributed by atoms with Gasteiger partial charge in [0.15, 0.2) is 0 Å². The van der Waals surface area contributed by atoms with E-state index in [0.717, 1.165) is 31.2 Å². The minimum Gasteiger partial charge on any atom is -0.376 e. The molecular weight excluding hydrogens is 269 g/mol. The van der Waals surface area contributed by atoms with Crippen LogP contribution >= 0.6 is 23.2 Å². The summed E-state index contributed by atoms with van der Waals surface area (Å²) in [5.41, 5.74) is 7.00. The summed E-state index contributed by atoms with van der Waals surface area (Å²) in [6.45, 7) is 0. The summed E-state index contributed by atoms with van der Waals surface area (Å²) in [6.07, 6.45) is 5.52. The minimum atomic E-state index is -0.299. The number of ether oxygens (including phenoxy) is 1. The van der Waals surface area contributed by atoms with Crippen LogP contribution in [0.5, 0.6) is 0 Å². The second kappa shape index (κ2) is 5.79. The lowest BCUT2D eigenvalue weighted by Crippen LogP contribution is -2.44. The van der Waals surface area contributed by atoms with E-state index in [1.165, 1.54) is 6.42 Å². The lowest BCUT2D eigenvalue weighted by Gasteiger charge is -2.41. The second-order valence-electron chi connectivity index (χ2n) is 4.97. The largest absolute Gasteiger partial charge is 0.376 e. The molecule has 100 valence electrons. The van der Waals surface area contributed by atoms with Crippen LogP contribution in [0.2, 0.25) is 10.0 Å². The van der Waals surface area contributed by atoms with Crippen molar-refractivity contribution in [3.8, 4) is 0 Å². The van der Waals surface area contributed by atoms with E-state index in [9.17, 15) is 0 Å². The Morgan fingerprint density at radius 1 is 1.22 bits per heavy atom. The molecule has 0 aliphatic heterocycles. The predicted octanol–water partition coefficient (Wildman–Crippen LogP) is 4.34. The van der Waals surface area contributed by atoms with Gasteiger partial charge in [-0.05, 0) is 36.6 Å². The van der Waals surface area contributed by atoms with Gasteiger partial charge in [-0.15, -0.1) is 0 Å². The summed E-state index contributed by atoms with van der Waals surface area (Å²) in [6, 6.07) is 5.20. The number of rotatable bonds is 3. The van der Waals surface area contributed by atoms with Crippen molar-refractivity contribution in [2.45, 2.75) is 43.7 Å². The number of methoxy groups -OCH3 is 1. The number of halogens is 2. The van der Waals surface area contributed by atoms with Crippen LogP contribution in [0.1, 0.15) is 43.7 Å². The maximum absolute atomic E-state index is 6.42. The average Bonchev–Trinajstić information content (AvgIpc) is 2.41. The van der Waals surface area contributed by atoms with Crippen molar-refractivity contribution in [3.05, 3.63) is 33.8 Å². The quantitative estimate of drug-likeness (QED) is 0.897. The van der Waals surface area contributed by atoms with Crippen LogP contribution in [-0.2, 0) is 4.74 Å². The Labute approximate surface area is 118 Å². The molecule has 0 saturated heterocycles. The van der Waals surface area contributed by atoms with E-state index >= 15 is 0 Å². The maximum atomic E-state index is 6.42. The van der Waals surface area contributed by atoms with E-state index in [4.69, 9.17) is 33.7 Å². The van der Waals surface area contributed by atoms with E-state index in [2.05, 4.69) is 0 Å². The van der Waals surface area contributed by atoms with Crippen LogP contribution in [0.3, 0.4) is 0 Å². The molecule has 0 radical (unpaired) electrons. The summed E-state index contributed by atoms with van der Waals surface area (Å²) in [7, 11) is 1.74. The fraction of sp³-hybridized carbons (Fsp3) is 0.571. The first kappa shape index (κ1) is 14.1. The lowest BCUT2D eigenvalue weighted by molar-refractivity contribution is -0.0595. The third-order valence-electron chi connectivity index (χ3n) is 3.97. The van der Waals surface area contributed by atoms with E-state index in [-0.39, 0.29) is 11.6 Å². The molecule has 1 aliphatic carbocycles. The highest BCUT2D eigenvalue weighted by molar-refractivity contribution is 6.33. The SMILES string of the molecule is COC1(C(N)c2cc(Cl)ccc2Cl)CCCCC1. The smallest absolute Gasteiger partial charge is 0.0870 e. The summed E-state index contributed by atoms with van der Waals surface area (Å²) in [5, 5.41) is 1.32. The molecule has 1 unspecified atom stereocenters. The van der Waals surface area contributed by atoms with Crippen LogP contribution in [-0.4, -0.2) is 12.7 Å². The molecule has 1 fully saturated rings. The highest BCUT2D eigenvalue weighted by Crippen LogP contribution is 2.42. The van der Waals surface area contributed by atoms with E-state index in [1.54, 1.807) is 19.2 Å². The monoisotopic (exact) mass is 287 g/mol. The van der Waals surface area contributed by atoms with Gasteiger partial charge in [0.1, 0.15) is 0 Å². The maximum Gasteiger partial charge on any atom is 0.0870 e. The first-order valence-electron chi connectivity index (χ1n) is 6.35. The molecule has 0 spiro atoms. The Bertz CT molecular complexity index is 416.